The summed E-state index contributed by atoms with van der Waals surface area (Å²) in [4.78, 5) is 28.2. The molecule has 1 aliphatic carbocycles. The average molecular weight is 402 g/mol. The summed E-state index contributed by atoms with van der Waals surface area (Å²) in [6.07, 6.45) is 4.21. The van der Waals surface area contributed by atoms with Crippen LogP contribution in [0.4, 0.5) is 0 Å². The summed E-state index contributed by atoms with van der Waals surface area (Å²) in [5.41, 5.74) is 4.27. The van der Waals surface area contributed by atoms with Crippen molar-refractivity contribution < 1.29 is 19.1 Å². The topological polar surface area (TPSA) is 73.3 Å². The molecule has 0 aliphatic heterocycles. The zero-order valence-electron chi connectivity index (χ0n) is 16.9. The van der Waals surface area contributed by atoms with E-state index in [0.29, 0.717) is 17.4 Å². The van der Waals surface area contributed by atoms with Gasteiger partial charge in [-0.05, 0) is 49.6 Å². The Hall–Kier alpha value is -3.54. The Morgan fingerprint density at radius 3 is 2.70 bits per heavy atom. The molecule has 1 aliphatic rings. The lowest BCUT2D eigenvalue weighted by molar-refractivity contribution is -0.133. The maximum atomic E-state index is 12.6. The molecular formula is C24H22N2O4. The van der Waals surface area contributed by atoms with Crippen molar-refractivity contribution in [1.82, 2.24) is 9.55 Å². The molecule has 2 aromatic carbocycles. The molecule has 6 nitrogen and oxygen atoms in total. The standard InChI is InChI=1S/C24H22N2O4/c1-14-23(24(28)29-2)19-12-17(9-10-21(19)26(14)16-7-8-16)30-22(27)11-15-13-25-20-6-4-3-5-18(15)20/h3-6,9-10,12-13,16,25H,7-8,11H2,1-2H3. The molecule has 1 N–H and O–H groups in total. The lowest BCUT2D eigenvalue weighted by atomic mass is 10.1. The van der Waals surface area contributed by atoms with E-state index < -0.39 is 0 Å². The van der Waals surface area contributed by atoms with Gasteiger partial charge in [0.05, 0.1) is 19.1 Å². The summed E-state index contributed by atoms with van der Waals surface area (Å²) in [5, 5.41) is 1.76. The highest BCUT2D eigenvalue weighted by molar-refractivity contribution is 6.06. The fourth-order valence-corrected chi connectivity index (χ4v) is 4.25. The molecule has 5 rings (SSSR count). The number of ether oxygens (including phenoxy) is 2. The summed E-state index contributed by atoms with van der Waals surface area (Å²) in [5.74, 6) is -0.304. The number of hydrogen-bond acceptors (Lipinski definition) is 4. The van der Waals surface area contributed by atoms with E-state index in [1.807, 2.05) is 43.5 Å². The second kappa shape index (κ2) is 7.06. The van der Waals surface area contributed by atoms with Crippen LogP contribution >= 0.6 is 0 Å². The molecule has 1 saturated carbocycles. The largest absolute Gasteiger partial charge is 0.465 e. The molecule has 4 aromatic rings. The number of methoxy groups -OCH3 is 1. The van der Waals surface area contributed by atoms with E-state index in [0.717, 1.165) is 45.9 Å². The predicted molar refractivity (Wildman–Crippen MR) is 114 cm³/mol. The van der Waals surface area contributed by atoms with Crippen LogP contribution in [0.1, 0.15) is 40.5 Å². The van der Waals surface area contributed by atoms with Crippen molar-refractivity contribution in [3.05, 3.63) is 65.5 Å². The number of hydrogen-bond donors (Lipinski definition) is 1. The smallest absolute Gasteiger partial charge is 0.340 e. The number of benzene rings is 2. The normalized spacial score (nSPS) is 13.7. The molecule has 6 heteroatoms. The number of carbonyl (C=O) groups excluding carboxylic acids is 2. The summed E-state index contributed by atoms with van der Waals surface area (Å²) in [6, 6.07) is 13.7. The second-order valence-electron chi connectivity index (χ2n) is 7.74. The highest BCUT2D eigenvalue weighted by atomic mass is 16.5. The number of para-hydroxylation sites is 1. The molecule has 30 heavy (non-hydrogen) atoms. The fraction of sp³-hybridized carbons (Fsp3) is 0.250. The minimum absolute atomic E-state index is 0.161. The molecule has 0 amide bonds. The molecule has 1 fully saturated rings. The SMILES string of the molecule is COC(=O)c1c(C)n(C2CC2)c2ccc(OC(=O)Cc3c[nH]c4ccccc34)cc12. The molecule has 0 saturated heterocycles. The fourth-order valence-electron chi connectivity index (χ4n) is 4.25. The molecule has 0 atom stereocenters. The average Bonchev–Trinajstić information content (AvgIpc) is 3.43. The number of nitrogens with zero attached hydrogens (tertiary/aromatic N) is 1. The maximum absolute atomic E-state index is 12.6. The third kappa shape index (κ3) is 3.05. The van der Waals surface area contributed by atoms with E-state index in [2.05, 4.69) is 9.55 Å². The first kappa shape index (κ1) is 18.5. The van der Waals surface area contributed by atoms with Crippen molar-refractivity contribution in [1.29, 1.82) is 0 Å². The zero-order valence-corrected chi connectivity index (χ0v) is 16.9. The van der Waals surface area contributed by atoms with Gasteiger partial charge in [0.1, 0.15) is 5.75 Å². The number of fused-ring (bicyclic) bond motifs is 2. The second-order valence-corrected chi connectivity index (χ2v) is 7.74. The van der Waals surface area contributed by atoms with Crippen LogP contribution in [0.25, 0.3) is 21.8 Å². The third-order valence-corrected chi connectivity index (χ3v) is 5.76. The van der Waals surface area contributed by atoms with Gasteiger partial charge in [-0.25, -0.2) is 4.79 Å². The molecule has 2 aromatic heterocycles. The van der Waals surface area contributed by atoms with Crippen molar-refractivity contribution in [2.24, 2.45) is 0 Å². The minimum Gasteiger partial charge on any atom is -0.465 e. The lowest BCUT2D eigenvalue weighted by Gasteiger charge is -2.07. The Morgan fingerprint density at radius 2 is 1.93 bits per heavy atom. The predicted octanol–water partition coefficient (Wildman–Crippen LogP) is 4.70. The first-order valence-corrected chi connectivity index (χ1v) is 10.1. The maximum Gasteiger partial charge on any atom is 0.340 e. The van der Waals surface area contributed by atoms with Crippen molar-refractivity contribution in [2.75, 3.05) is 7.11 Å². The van der Waals surface area contributed by atoms with Gasteiger partial charge >= 0.3 is 11.9 Å². The molecule has 0 radical (unpaired) electrons. The molecule has 152 valence electrons. The van der Waals surface area contributed by atoms with Gasteiger partial charge in [0.2, 0.25) is 0 Å². The van der Waals surface area contributed by atoms with Gasteiger partial charge in [-0.3, -0.25) is 4.79 Å². The van der Waals surface area contributed by atoms with Gasteiger partial charge < -0.3 is 19.0 Å². The van der Waals surface area contributed by atoms with Gasteiger partial charge in [0.25, 0.3) is 0 Å². The van der Waals surface area contributed by atoms with E-state index in [9.17, 15) is 9.59 Å². The highest BCUT2D eigenvalue weighted by Crippen LogP contribution is 2.42. The van der Waals surface area contributed by atoms with Gasteiger partial charge in [-0.2, -0.15) is 0 Å². The molecule has 0 spiro atoms. The van der Waals surface area contributed by atoms with Crippen LogP contribution in [0.15, 0.2) is 48.7 Å². The summed E-state index contributed by atoms with van der Waals surface area (Å²) in [7, 11) is 1.38. The summed E-state index contributed by atoms with van der Waals surface area (Å²) < 4.78 is 12.8. The third-order valence-electron chi connectivity index (χ3n) is 5.76. The van der Waals surface area contributed by atoms with E-state index in [-0.39, 0.29) is 18.4 Å². The first-order chi connectivity index (χ1) is 14.6. The number of H-pyrrole nitrogens is 1. The number of nitrogens with one attached hydrogen (secondary N) is 1. The van der Waals surface area contributed by atoms with Crippen LogP contribution in [-0.2, 0) is 16.0 Å². The van der Waals surface area contributed by atoms with E-state index in [1.54, 1.807) is 12.1 Å². The lowest BCUT2D eigenvalue weighted by Crippen LogP contribution is -2.11. The van der Waals surface area contributed by atoms with E-state index in [4.69, 9.17) is 9.47 Å². The Bertz CT molecular complexity index is 1290. The van der Waals surface area contributed by atoms with Crippen LogP contribution in [-0.4, -0.2) is 28.6 Å². The van der Waals surface area contributed by atoms with Crippen molar-refractivity contribution in [3.8, 4) is 5.75 Å². The highest BCUT2D eigenvalue weighted by Gasteiger charge is 2.30. The molecule has 0 bridgehead atoms. The van der Waals surface area contributed by atoms with E-state index in [1.165, 1.54) is 7.11 Å². The Kier molecular flexibility index (Phi) is 4.35. The number of aromatic amines is 1. The number of carbonyl (C=O) groups is 2. The quantitative estimate of drug-likeness (QED) is 0.388. The van der Waals surface area contributed by atoms with Gasteiger partial charge in [0, 0.05) is 39.7 Å². The van der Waals surface area contributed by atoms with Crippen LogP contribution in [0.3, 0.4) is 0 Å². The molecule has 0 unspecified atom stereocenters. The van der Waals surface area contributed by atoms with Crippen LogP contribution in [0.2, 0.25) is 0 Å². The van der Waals surface area contributed by atoms with E-state index >= 15 is 0 Å². The number of rotatable bonds is 5. The molecular weight excluding hydrogens is 380 g/mol. The Morgan fingerprint density at radius 1 is 1.13 bits per heavy atom. The Labute approximate surface area is 173 Å². The van der Waals surface area contributed by atoms with Crippen molar-refractivity contribution in [3.63, 3.8) is 0 Å². The monoisotopic (exact) mass is 402 g/mol. The van der Waals surface area contributed by atoms with Crippen LogP contribution < -0.4 is 4.74 Å². The van der Waals surface area contributed by atoms with Crippen LogP contribution in [0, 0.1) is 6.92 Å². The first-order valence-electron chi connectivity index (χ1n) is 10.1. The van der Waals surface area contributed by atoms with Crippen molar-refractivity contribution >= 4 is 33.7 Å². The Balaban J connectivity index is 1.46. The summed E-state index contributed by atoms with van der Waals surface area (Å²) >= 11 is 0. The van der Waals surface area contributed by atoms with Gasteiger partial charge in [-0.1, -0.05) is 18.2 Å². The zero-order chi connectivity index (χ0) is 20.8. The minimum atomic E-state index is -0.376. The summed E-state index contributed by atoms with van der Waals surface area (Å²) in [6.45, 7) is 1.94. The van der Waals surface area contributed by atoms with Gasteiger partial charge in [0.15, 0.2) is 0 Å². The van der Waals surface area contributed by atoms with Crippen LogP contribution in [0.5, 0.6) is 5.75 Å². The van der Waals surface area contributed by atoms with Crippen molar-refractivity contribution in [2.45, 2.75) is 32.2 Å². The number of aromatic nitrogens is 2. The van der Waals surface area contributed by atoms with Gasteiger partial charge in [-0.15, -0.1) is 0 Å². The number of esters is 2. The molecule has 2 heterocycles.